The number of hydrogen-bond donors (Lipinski definition) is 1. The Morgan fingerprint density at radius 1 is 0.438 bits per heavy atom. The summed E-state index contributed by atoms with van der Waals surface area (Å²) >= 11 is 0. The van der Waals surface area contributed by atoms with E-state index in [1.54, 1.807) is 12.5 Å². The van der Waals surface area contributed by atoms with Crippen molar-refractivity contribution in [3.63, 3.8) is 0 Å². The predicted octanol–water partition coefficient (Wildman–Crippen LogP) is 10.6. The quantitative estimate of drug-likeness (QED) is 0.202. The minimum Gasteiger partial charge on any atom is -0.342 e. The first-order valence-electron chi connectivity index (χ1n) is 16.0. The van der Waals surface area contributed by atoms with Gasteiger partial charge in [0.15, 0.2) is 5.82 Å². The lowest BCUT2D eigenvalue weighted by molar-refractivity contribution is 1.16. The largest absolute Gasteiger partial charge is 0.342 e. The molecule has 6 aromatic carbocycles. The van der Waals surface area contributed by atoms with Gasteiger partial charge in [-0.2, -0.15) is 0 Å². The zero-order chi connectivity index (χ0) is 31.9. The highest BCUT2D eigenvalue weighted by molar-refractivity contribution is 6.10. The highest BCUT2D eigenvalue weighted by Crippen LogP contribution is 2.36. The molecule has 5 nitrogen and oxygen atoms in total. The molecule has 0 radical (unpaired) electrons. The van der Waals surface area contributed by atoms with Crippen LogP contribution in [-0.4, -0.2) is 24.5 Å². The van der Waals surface area contributed by atoms with Crippen LogP contribution in [0.2, 0.25) is 0 Å². The maximum atomic E-state index is 5.02. The standard InChI is InChI=1S/C43H29N5/c1-3-10-29(11-4-1)30-18-20-31(21-19-30)38-26-39(47-43(46-38)40-27-44-28-45-40)34-13-9-12-32(24-34)33-22-23-37-36-16-7-8-17-41(36)48(42(37)25-33)35-14-5-2-6-15-35/h1-28H,(H,44,45). The number of rotatable bonds is 6. The van der Waals surface area contributed by atoms with E-state index in [9.17, 15) is 0 Å². The lowest BCUT2D eigenvalue weighted by Gasteiger charge is -2.11. The Kier molecular flexibility index (Phi) is 6.72. The Morgan fingerprint density at radius 3 is 1.83 bits per heavy atom. The van der Waals surface area contributed by atoms with Gasteiger partial charge >= 0.3 is 0 Å². The topological polar surface area (TPSA) is 59.4 Å². The van der Waals surface area contributed by atoms with E-state index in [1.807, 2.05) is 6.07 Å². The molecule has 0 aliphatic carbocycles. The van der Waals surface area contributed by atoms with Crippen molar-refractivity contribution in [3.05, 3.63) is 170 Å². The van der Waals surface area contributed by atoms with Crippen LogP contribution in [0.1, 0.15) is 0 Å². The van der Waals surface area contributed by atoms with Crippen molar-refractivity contribution < 1.29 is 0 Å². The number of imidazole rings is 1. The van der Waals surface area contributed by atoms with Crippen LogP contribution in [0.15, 0.2) is 170 Å². The van der Waals surface area contributed by atoms with Gasteiger partial charge in [0, 0.05) is 27.6 Å². The maximum Gasteiger partial charge on any atom is 0.178 e. The molecule has 0 saturated carbocycles. The highest BCUT2D eigenvalue weighted by atomic mass is 15.0. The van der Waals surface area contributed by atoms with Gasteiger partial charge in [0.25, 0.3) is 0 Å². The van der Waals surface area contributed by atoms with E-state index in [4.69, 9.17) is 9.97 Å². The third kappa shape index (κ3) is 4.95. The Balaban J connectivity index is 1.15. The van der Waals surface area contributed by atoms with Crippen molar-refractivity contribution in [1.29, 1.82) is 0 Å². The van der Waals surface area contributed by atoms with E-state index < -0.39 is 0 Å². The molecule has 0 saturated heterocycles. The second kappa shape index (κ2) is 11.6. The number of H-pyrrole nitrogens is 1. The van der Waals surface area contributed by atoms with Gasteiger partial charge in [-0.05, 0) is 58.7 Å². The summed E-state index contributed by atoms with van der Waals surface area (Å²) in [5.74, 6) is 0.603. The van der Waals surface area contributed by atoms with Gasteiger partial charge in [-0.1, -0.05) is 121 Å². The molecule has 9 rings (SSSR count). The van der Waals surface area contributed by atoms with Crippen LogP contribution in [0.4, 0.5) is 0 Å². The number of para-hydroxylation sites is 2. The molecule has 0 unspecified atom stereocenters. The summed E-state index contributed by atoms with van der Waals surface area (Å²) in [6.45, 7) is 0. The van der Waals surface area contributed by atoms with Crippen molar-refractivity contribution in [3.8, 4) is 62.0 Å². The zero-order valence-corrected chi connectivity index (χ0v) is 26.0. The summed E-state index contributed by atoms with van der Waals surface area (Å²) in [6.07, 6.45) is 3.42. The molecule has 1 N–H and O–H groups in total. The number of aromatic amines is 1. The van der Waals surface area contributed by atoms with Gasteiger partial charge in [0.2, 0.25) is 0 Å². The number of nitrogens with zero attached hydrogens (tertiary/aromatic N) is 4. The maximum absolute atomic E-state index is 5.02. The van der Waals surface area contributed by atoms with Crippen LogP contribution < -0.4 is 0 Å². The van der Waals surface area contributed by atoms with E-state index in [-0.39, 0.29) is 0 Å². The van der Waals surface area contributed by atoms with E-state index in [1.165, 1.54) is 32.9 Å². The molecule has 0 fully saturated rings. The Hall–Kier alpha value is -6.59. The van der Waals surface area contributed by atoms with Crippen LogP contribution in [-0.2, 0) is 0 Å². The summed E-state index contributed by atoms with van der Waals surface area (Å²) in [6, 6.07) is 55.6. The fourth-order valence-corrected chi connectivity index (χ4v) is 6.57. The van der Waals surface area contributed by atoms with E-state index in [2.05, 4.69) is 166 Å². The number of hydrogen-bond acceptors (Lipinski definition) is 3. The van der Waals surface area contributed by atoms with Crippen LogP contribution in [0.3, 0.4) is 0 Å². The van der Waals surface area contributed by atoms with Crippen molar-refractivity contribution in [2.75, 3.05) is 0 Å². The van der Waals surface area contributed by atoms with Gasteiger partial charge in [-0.3, -0.25) is 0 Å². The molecule has 0 aliphatic heterocycles. The van der Waals surface area contributed by atoms with Crippen molar-refractivity contribution in [1.82, 2.24) is 24.5 Å². The summed E-state index contributed by atoms with van der Waals surface area (Å²) in [4.78, 5) is 17.4. The fraction of sp³-hybridized carbons (Fsp3) is 0. The zero-order valence-electron chi connectivity index (χ0n) is 26.0. The lowest BCUT2D eigenvalue weighted by atomic mass is 9.99. The van der Waals surface area contributed by atoms with Crippen LogP contribution in [0.5, 0.6) is 0 Å². The van der Waals surface area contributed by atoms with Gasteiger partial charge < -0.3 is 9.55 Å². The Labute approximate surface area is 277 Å². The smallest absolute Gasteiger partial charge is 0.178 e. The third-order valence-electron chi connectivity index (χ3n) is 8.93. The third-order valence-corrected chi connectivity index (χ3v) is 8.93. The van der Waals surface area contributed by atoms with Gasteiger partial charge in [0.1, 0.15) is 5.69 Å². The molecule has 0 spiro atoms. The molecule has 0 amide bonds. The summed E-state index contributed by atoms with van der Waals surface area (Å²) in [5, 5.41) is 2.48. The van der Waals surface area contributed by atoms with Crippen LogP contribution in [0.25, 0.3) is 83.8 Å². The first kappa shape index (κ1) is 27.7. The van der Waals surface area contributed by atoms with E-state index >= 15 is 0 Å². The van der Waals surface area contributed by atoms with E-state index in [0.29, 0.717) is 5.82 Å². The predicted molar refractivity (Wildman–Crippen MR) is 196 cm³/mol. The van der Waals surface area contributed by atoms with Crippen molar-refractivity contribution in [2.45, 2.75) is 0 Å². The average Bonchev–Trinajstić information content (AvgIpc) is 3.83. The Bertz CT molecular complexity index is 2530. The normalized spacial score (nSPS) is 11.3. The van der Waals surface area contributed by atoms with Crippen LogP contribution in [0, 0.1) is 0 Å². The molecule has 3 aromatic heterocycles. The number of fused-ring (bicyclic) bond motifs is 3. The molecule has 48 heavy (non-hydrogen) atoms. The summed E-state index contributed by atoms with van der Waals surface area (Å²) in [5.41, 5.74) is 12.6. The van der Waals surface area contributed by atoms with Gasteiger partial charge in [-0.25, -0.2) is 15.0 Å². The second-order valence-corrected chi connectivity index (χ2v) is 11.9. The van der Waals surface area contributed by atoms with Crippen LogP contribution >= 0.6 is 0 Å². The highest BCUT2D eigenvalue weighted by Gasteiger charge is 2.15. The molecule has 0 bridgehead atoms. The lowest BCUT2D eigenvalue weighted by Crippen LogP contribution is -1.96. The van der Waals surface area contributed by atoms with E-state index in [0.717, 1.165) is 45.0 Å². The molecular formula is C43H29N5. The molecule has 9 aromatic rings. The SMILES string of the molecule is c1ccc(-c2ccc(-c3cc(-c4cccc(-c5ccc6c7ccccc7n(-c7ccccc7)c6c5)c4)nc(-c4cnc[nH]4)n3)cc2)cc1. The minimum absolute atomic E-state index is 0.603. The van der Waals surface area contributed by atoms with Gasteiger partial charge in [-0.15, -0.1) is 0 Å². The first-order valence-corrected chi connectivity index (χ1v) is 16.0. The molecule has 3 heterocycles. The molecule has 5 heteroatoms. The summed E-state index contributed by atoms with van der Waals surface area (Å²) < 4.78 is 2.36. The van der Waals surface area contributed by atoms with Crippen molar-refractivity contribution >= 4 is 21.8 Å². The Morgan fingerprint density at radius 2 is 1.04 bits per heavy atom. The van der Waals surface area contributed by atoms with Crippen molar-refractivity contribution in [2.24, 2.45) is 0 Å². The molecule has 0 aliphatic rings. The first-order chi connectivity index (χ1) is 23.8. The summed E-state index contributed by atoms with van der Waals surface area (Å²) in [7, 11) is 0. The molecular weight excluding hydrogens is 587 g/mol. The fourth-order valence-electron chi connectivity index (χ4n) is 6.57. The second-order valence-electron chi connectivity index (χ2n) is 11.9. The average molecular weight is 616 g/mol. The minimum atomic E-state index is 0.603. The number of nitrogens with one attached hydrogen (secondary N) is 1. The molecule has 0 atom stereocenters. The monoisotopic (exact) mass is 615 g/mol. The van der Waals surface area contributed by atoms with Gasteiger partial charge in [0.05, 0.1) is 34.9 Å². The number of aromatic nitrogens is 5. The number of benzene rings is 6. The molecule has 226 valence electrons.